The second kappa shape index (κ2) is 9.85. The maximum absolute atomic E-state index is 12.8. The van der Waals surface area contributed by atoms with Crippen LogP contribution in [-0.4, -0.2) is 36.7 Å². The largest absolute Gasteiger partial charge is 1.00 e. The summed E-state index contributed by atoms with van der Waals surface area (Å²) < 4.78 is 36.4. The summed E-state index contributed by atoms with van der Waals surface area (Å²) in [6.45, 7) is 3.01. The molecule has 166 valence electrons. The Morgan fingerprint density at radius 1 is 1.19 bits per heavy atom. The molecule has 8 nitrogen and oxygen atoms in total. The summed E-state index contributed by atoms with van der Waals surface area (Å²) >= 11 is 0. The molecule has 1 saturated heterocycles. The zero-order valence-electron chi connectivity index (χ0n) is 18.7. The van der Waals surface area contributed by atoms with Gasteiger partial charge in [-0.15, -0.1) is 0 Å². The summed E-state index contributed by atoms with van der Waals surface area (Å²) in [7, 11) is -4.20. The number of nitrogens with zero attached hydrogens (tertiary/aromatic N) is 3. The van der Waals surface area contributed by atoms with Gasteiger partial charge in [0.1, 0.15) is 5.82 Å². The van der Waals surface area contributed by atoms with Gasteiger partial charge >= 0.3 is 51.4 Å². The molecular weight excluding hydrogens is 455 g/mol. The van der Waals surface area contributed by atoms with Crippen molar-refractivity contribution in [2.75, 3.05) is 11.9 Å². The molecule has 0 spiro atoms. The first kappa shape index (κ1) is 24.4. The maximum Gasteiger partial charge on any atom is 1.00 e. The molecule has 1 aromatic carbocycles. The van der Waals surface area contributed by atoms with Crippen molar-refractivity contribution in [1.82, 2.24) is 9.55 Å². The third-order valence-electron chi connectivity index (χ3n) is 6.55. The molecule has 1 unspecified atom stereocenters. The van der Waals surface area contributed by atoms with Crippen molar-refractivity contribution in [1.29, 1.82) is 0 Å². The van der Waals surface area contributed by atoms with Gasteiger partial charge in [0.05, 0.1) is 12.6 Å². The number of nitrogens with one attached hydrogen (secondary N) is 1. The quantitative estimate of drug-likeness (QED) is 0.630. The van der Waals surface area contributed by atoms with E-state index in [2.05, 4.69) is 21.1 Å². The van der Waals surface area contributed by atoms with Crippen molar-refractivity contribution in [3.63, 3.8) is 0 Å². The number of hydrogen-bond donors (Lipinski definition) is 1. The van der Waals surface area contributed by atoms with Crippen LogP contribution in [0.3, 0.4) is 0 Å². The summed E-state index contributed by atoms with van der Waals surface area (Å²) in [4.78, 5) is 16.8. The molecule has 3 aliphatic rings. The standard InChI is InChI=1S/C22H28N4O4S.K/c1-14-23-20(13-26(14)12-17-7-4-10-30-17)31(28,29)25-22(27)24-21-18-8-2-5-15(18)11-16-6-3-9-19(16)21;/h11,13,17H,2-10,12H2,1H3,(H2,24,25,27);/q;+1/p-1. The Bertz CT molecular complexity index is 1110. The van der Waals surface area contributed by atoms with Gasteiger partial charge in [-0.05, 0) is 86.2 Å². The van der Waals surface area contributed by atoms with Crippen LogP contribution in [-0.2, 0) is 47.0 Å². The van der Waals surface area contributed by atoms with E-state index < -0.39 is 16.1 Å². The van der Waals surface area contributed by atoms with Gasteiger partial charge in [-0.3, -0.25) is 4.79 Å². The van der Waals surface area contributed by atoms with Crippen molar-refractivity contribution >= 4 is 21.7 Å². The van der Waals surface area contributed by atoms with E-state index in [9.17, 15) is 13.2 Å². The van der Waals surface area contributed by atoms with E-state index in [0.717, 1.165) is 74.8 Å². The molecule has 2 heterocycles. The summed E-state index contributed by atoms with van der Waals surface area (Å²) in [6.07, 6.45) is 9.37. The molecule has 1 aromatic heterocycles. The first-order valence-corrected chi connectivity index (χ1v) is 12.5. The van der Waals surface area contributed by atoms with E-state index in [1.807, 2.05) is 0 Å². The number of carbonyl (C=O) groups excluding carboxylic acids is 1. The van der Waals surface area contributed by atoms with Gasteiger partial charge in [-0.25, -0.2) is 13.4 Å². The van der Waals surface area contributed by atoms with E-state index in [-0.39, 0.29) is 62.5 Å². The molecule has 1 atom stereocenters. The minimum Gasteiger partial charge on any atom is -0.423 e. The number of carbonyl (C=O) groups is 1. The number of benzene rings is 1. The number of sulfonamides is 1. The number of urea groups is 1. The van der Waals surface area contributed by atoms with Gasteiger partial charge in [0.2, 0.25) is 10.0 Å². The van der Waals surface area contributed by atoms with Gasteiger partial charge in [-0.2, -0.15) is 0 Å². The number of imidazole rings is 1. The number of amides is 2. The predicted octanol–water partition coefficient (Wildman–Crippen LogP) is 0.646. The van der Waals surface area contributed by atoms with Crippen LogP contribution in [0.4, 0.5) is 10.5 Å². The molecule has 2 aliphatic carbocycles. The average molecular weight is 483 g/mol. The van der Waals surface area contributed by atoms with Crippen molar-refractivity contribution in [3.05, 3.63) is 45.1 Å². The SMILES string of the molecule is Cc1nc(S(=O)(=O)[N-]C(=O)Nc2c3c(cc4c2CCC4)CCC3)cn1CC1CCCO1.[K+]. The van der Waals surface area contributed by atoms with E-state index in [4.69, 9.17) is 4.74 Å². The third-order valence-corrected chi connectivity index (χ3v) is 7.68. The molecular formula is C22H27KN4O4S. The Morgan fingerprint density at radius 2 is 1.88 bits per heavy atom. The van der Waals surface area contributed by atoms with Crippen LogP contribution in [0.15, 0.2) is 17.3 Å². The number of fused-ring (bicyclic) bond motifs is 2. The average Bonchev–Trinajstić information content (AvgIpc) is 3.49. The summed E-state index contributed by atoms with van der Waals surface area (Å²) in [5.74, 6) is 0.559. The Hall–Kier alpha value is -0.754. The molecule has 10 heteroatoms. The summed E-state index contributed by atoms with van der Waals surface area (Å²) in [6, 6.07) is 1.40. The number of anilines is 1. The minimum atomic E-state index is -4.20. The van der Waals surface area contributed by atoms with Crippen molar-refractivity contribution in [2.45, 2.75) is 76.0 Å². The maximum atomic E-state index is 12.8. The fourth-order valence-electron chi connectivity index (χ4n) is 5.05. The predicted molar refractivity (Wildman–Crippen MR) is 116 cm³/mol. The molecule has 5 rings (SSSR count). The van der Waals surface area contributed by atoms with Crippen molar-refractivity contribution in [3.8, 4) is 0 Å². The second-order valence-electron chi connectivity index (χ2n) is 8.64. The number of aryl methyl sites for hydroxylation is 3. The number of ether oxygens (including phenoxy) is 1. The van der Waals surface area contributed by atoms with Gasteiger partial charge in [0.15, 0.2) is 11.1 Å². The van der Waals surface area contributed by atoms with Crippen LogP contribution in [0.5, 0.6) is 0 Å². The van der Waals surface area contributed by atoms with Crippen LogP contribution in [0.25, 0.3) is 4.72 Å². The van der Waals surface area contributed by atoms with Crippen LogP contribution < -0.4 is 56.7 Å². The number of aromatic nitrogens is 2. The monoisotopic (exact) mass is 482 g/mol. The molecule has 2 aromatic rings. The number of hydrogen-bond acceptors (Lipinski definition) is 5. The van der Waals surface area contributed by atoms with Gasteiger partial charge < -0.3 is 19.3 Å². The van der Waals surface area contributed by atoms with Crippen LogP contribution in [0.2, 0.25) is 0 Å². The fraction of sp³-hybridized carbons (Fsp3) is 0.545. The fourth-order valence-corrected chi connectivity index (χ4v) is 5.91. The molecule has 1 fully saturated rings. The first-order chi connectivity index (χ1) is 14.9. The Labute approximate surface area is 231 Å². The van der Waals surface area contributed by atoms with Crippen molar-refractivity contribution < 1.29 is 69.3 Å². The molecule has 1 N–H and O–H groups in total. The summed E-state index contributed by atoms with van der Waals surface area (Å²) in [5.41, 5.74) is 5.59. The number of rotatable bonds is 5. The minimum absolute atomic E-state index is 0. The van der Waals surface area contributed by atoms with Gasteiger partial charge in [-0.1, -0.05) is 6.07 Å². The van der Waals surface area contributed by atoms with E-state index in [1.165, 1.54) is 17.3 Å². The van der Waals surface area contributed by atoms with Crippen LogP contribution in [0.1, 0.15) is 53.8 Å². The molecule has 1 aliphatic heterocycles. The van der Waals surface area contributed by atoms with Crippen LogP contribution in [0, 0.1) is 6.92 Å². The molecule has 0 saturated carbocycles. The molecule has 2 amide bonds. The Kier molecular flexibility index (Phi) is 7.50. The smallest absolute Gasteiger partial charge is 0.423 e. The molecule has 0 bridgehead atoms. The molecule has 0 radical (unpaired) electrons. The Morgan fingerprint density at radius 3 is 2.50 bits per heavy atom. The van der Waals surface area contributed by atoms with E-state index in [0.29, 0.717) is 12.4 Å². The van der Waals surface area contributed by atoms with Crippen molar-refractivity contribution in [2.24, 2.45) is 0 Å². The van der Waals surface area contributed by atoms with Gasteiger partial charge in [0, 0.05) is 12.8 Å². The zero-order valence-corrected chi connectivity index (χ0v) is 22.6. The molecule has 32 heavy (non-hydrogen) atoms. The topological polar surface area (TPSA) is 104 Å². The first-order valence-electron chi connectivity index (χ1n) is 11.0. The van der Waals surface area contributed by atoms with Gasteiger partial charge in [0.25, 0.3) is 0 Å². The third kappa shape index (κ3) is 4.87. The van der Waals surface area contributed by atoms with E-state index in [1.54, 1.807) is 11.5 Å². The Balaban J connectivity index is 0.00000245. The van der Waals surface area contributed by atoms with E-state index >= 15 is 0 Å². The normalized spacial score (nSPS) is 19.3. The summed E-state index contributed by atoms with van der Waals surface area (Å²) in [5, 5.41) is 2.60. The zero-order chi connectivity index (χ0) is 21.6. The second-order valence-corrected chi connectivity index (χ2v) is 10.2. The van der Waals surface area contributed by atoms with Crippen LogP contribution >= 0.6 is 0 Å².